The SMILES string of the molecule is CN=C(NCCN(C)Cc1ccc(F)cc1)NC1CCN(C(=O)C2CCCC2)C1.I. The van der Waals surface area contributed by atoms with E-state index in [9.17, 15) is 9.18 Å². The third-order valence-electron chi connectivity index (χ3n) is 5.92. The Bertz CT molecular complexity index is 693. The fourth-order valence-electron chi connectivity index (χ4n) is 4.24. The van der Waals surface area contributed by atoms with Gasteiger partial charge < -0.3 is 20.4 Å². The number of aliphatic imine (C=N–C) groups is 1. The minimum atomic E-state index is -0.205. The Morgan fingerprint density at radius 2 is 1.93 bits per heavy atom. The number of hydrogen-bond donors (Lipinski definition) is 2. The average molecular weight is 531 g/mol. The summed E-state index contributed by atoms with van der Waals surface area (Å²) in [6.45, 7) is 3.98. The van der Waals surface area contributed by atoms with E-state index in [0.29, 0.717) is 5.91 Å². The normalized spacial score (nSPS) is 19.8. The summed E-state index contributed by atoms with van der Waals surface area (Å²) >= 11 is 0. The molecule has 1 atom stereocenters. The van der Waals surface area contributed by atoms with Crippen molar-refractivity contribution in [2.45, 2.75) is 44.7 Å². The van der Waals surface area contributed by atoms with Gasteiger partial charge in [-0.3, -0.25) is 9.79 Å². The third-order valence-corrected chi connectivity index (χ3v) is 5.92. The number of nitrogens with one attached hydrogen (secondary N) is 2. The van der Waals surface area contributed by atoms with Gasteiger partial charge >= 0.3 is 0 Å². The van der Waals surface area contributed by atoms with Crippen LogP contribution in [0, 0.1) is 11.7 Å². The first-order valence-electron chi connectivity index (χ1n) is 10.7. The van der Waals surface area contributed by atoms with Crippen molar-refractivity contribution in [3.63, 3.8) is 0 Å². The minimum absolute atomic E-state index is 0. The van der Waals surface area contributed by atoms with Gasteiger partial charge in [0.2, 0.25) is 5.91 Å². The van der Waals surface area contributed by atoms with E-state index in [1.165, 1.54) is 25.0 Å². The number of guanidine groups is 1. The maximum Gasteiger partial charge on any atom is 0.225 e. The van der Waals surface area contributed by atoms with Crippen molar-refractivity contribution < 1.29 is 9.18 Å². The molecule has 0 spiro atoms. The Hall–Kier alpha value is -1.42. The van der Waals surface area contributed by atoms with Crippen molar-refractivity contribution in [3.8, 4) is 0 Å². The van der Waals surface area contributed by atoms with Crippen LogP contribution in [0.1, 0.15) is 37.7 Å². The van der Waals surface area contributed by atoms with Crippen LogP contribution < -0.4 is 10.6 Å². The molecule has 1 amide bonds. The number of rotatable bonds is 7. The van der Waals surface area contributed by atoms with E-state index in [2.05, 4.69) is 20.5 Å². The Balaban J connectivity index is 0.00000320. The molecule has 168 valence electrons. The zero-order valence-corrected chi connectivity index (χ0v) is 20.4. The van der Waals surface area contributed by atoms with Crippen molar-refractivity contribution in [1.82, 2.24) is 20.4 Å². The second kappa shape index (κ2) is 12.4. The Morgan fingerprint density at radius 1 is 1.23 bits per heavy atom. The highest BCUT2D eigenvalue weighted by Gasteiger charge is 2.32. The molecule has 2 N–H and O–H groups in total. The molecule has 1 aromatic carbocycles. The molecule has 1 saturated heterocycles. The van der Waals surface area contributed by atoms with Crippen molar-refractivity contribution in [3.05, 3.63) is 35.6 Å². The van der Waals surface area contributed by atoms with Gasteiger partial charge in [-0.2, -0.15) is 0 Å². The lowest BCUT2D eigenvalue weighted by Crippen LogP contribution is -2.46. The lowest BCUT2D eigenvalue weighted by atomic mass is 10.1. The molecule has 6 nitrogen and oxygen atoms in total. The van der Waals surface area contributed by atoms with Gasteiger partial charge in [-0.05, 0) is 44.0 Å². The van der Waals surface area contributed by atoms with Gasteiger partial charge in [0.15, 0.2) is 5.96 Å². The first-order chi connectivity index (χ1) is 14.0. The molecule has 30 heavy (non-hydrogen) atoms. The van der Waals surface area contributed by atoms with Gasteiger partial charge in [0.05, 0.1) is 0 Å². The summed E-state index contributed by atoms with van der Waals surface area (Å²) in [5, 5.41) is 6.81. The summed E-state index contributed by atoms with van der Waals surface area (Å²) < 4.78 is 13.0. The van der Waals surface area contributed by atoms with Crippen molar-refractivity contribution in [2.24, 2.45) is 10.9 Å². The van der Waals surface area contributed by atoms with Gasteiger partial charge in [0.1, 0.15) is 5.82 Å². The van der Waals surface area contributed by atoms with Gasteiger partial charge in [-0.15, -0.1) is 24.0 Å². The monoisotopic (exact) mass is 531 g/mol. The second-order valence-electron chi connectivity index (χ2n) is 8.26. The van der Waals surface area contributed by atoms with E-state index in [1.807, 2.05) is 24.1 Å². The highest BCUT2D eigenvalue weighted by molar-refractivity contribution is 14.0. The summed E-state index contributed by atoms with van der Waals surface area (Å²) in [4.78, 5) is 21.1. The Morgan fingerprint density at radius 3 is 2.60 bits per heavy atom. The molecule has 2 fully saturated rings. The number of nitrogens with zero attached hydrogens (tertiary/aromatic N) is 3. The lowest BCUT2D eigenvalue weighted by molar-refractivity contribution is -0.134. The smallest absolute Gasteiger partial charge is 0.225 e. The molecule has 1 aromatic rings. The Labute approximate surface area is 196 Å². The molecule has 2 aliphatic rings. The fourth-order valence-corrected chi connectivity index (χ4v) is 4.24. The average Bonchev–Trinajstić information content (AvgIpc) is 3.40. The van der Waals surface area contributed by atoms with Crippen LogP contribution in [0.3, 0.4) is 0 Å². The molecule has 3 rings (SSSR count). The summed E-state index contributed by atoms with van der Waals surface area (Å²) in [5.74, 6) is 1.17. The standard InChI is InChI=1S/C22H34FN5O.HI/c1-24-22(25-12-14-27(2)15-17-7-9-19(23)10-8-17)26-20-11-13-28(16-20)21(29)18-5-3-4-6-18;/h7-10,18,20H,3-6,11-16H2,1-2H3,(H2,24,25,26);1H. The van der Waals surface area contributed by atoms with E-state index in [-0.39, 0.29) is 41.8 Å². The number of benzene rings is 1. The topological polar surface area (TPSA) is 60.0 Å². The molecule has 1 aliphatic heterocycles. The highest BCUT2D eigenvalue weighted by atomic mass is 127. The number of likely N-dealkylation sites (N-methyl/N-ethyl adjacent to an activating group) is 1. The number of carbonyl (C=O) groups is 1. The van der Waals surface area contributed by atoms with Crippen LogP contribution in [0.15, 0.2) is 29.3 Å². The van der Waals surface area contributed by atoms with Gasteiger partial charge in [0, 0.05) is 51.7 Å². The summed E-state index contributed by atoms with van der Waals surface area (Å²) in [7, 11) is 3.82. The number of amides is 1. The van der Waals surface area contributed by atoms with E-state index in [0.717, 1.165) is 63.5 Å². The molecular formula is C22H35FIN5O. The van der Waals surface area contributed by atoms with E-state index < -0.39 is 0 Å². The van der Waals surface area contributed by atoms with Gasteiger partial charge in [-0.25, -0.2) is 4.39 Å². The van der Waals surface area contributed by atoms with Crippen LogP contribution in [-0.4, -0.2) is 68.0 Å². The number of carbonyl (C=O) groups excluding carboxylic acids is 1. The van der Waals surface area contributed by atoms with E-state index >= 15 is 0 Å². The van der Waals surface area contributed by atoms with Crippen molar-refractivity contribution in [2.75, 3.05) is 40.3 Å². The Kier molecular flexibility index (Phi) is 10.3. The molecule has 8 heteroatoms. The van der Waals surface area contributed by atoms with Crippen LogP contribution in [0.2, 0.25) is 0 Å². The maximum absolute atomic E-state index is 13.0. The predicted octanol–water partition coefficient (Wildman–Crippen LogP) is 2.83. The molecule has 0 radical (unpaired) electrons. The van der Waals surface area contributed by atoms with Crippen LogP contribution in [0.5, 0.6) is 0 Å². The molecular weight excluding hydrogens is 496 g/mol. The van der Waals surface area contributed by atoms with Crippen LogP contribution >= 0.6 is 24.0 Å². The largest absolute Gasteiger partial charge is 0.355 e. The van der Waals surface area contributed by atoms with E-state index in [4.69, 9.17) is 0 Å². The number of likely N-dealkylation sites (tertiary alicyclic amines) is 1. The molecule has 1 unspecified atom stereocenters. The summed E-state index contributed by atoms with van der Waals surface area (Å²) in [5.41, 5.74) is 1.09. The predicted molar refractivity (Wildman–Crippen MR) is 130 cm³/mol. The summed E-state index contributed by atoms with van der Waals surface area (Å²) in [6, 6.07) is 6.88. The zero-order valence-electron chi connectivity index (χ0n) is 18.1. The molecule has 1 aliphatic carbocycles. The molecule has 0 aromatic heterocycles. The second-order valence-corrected chi connectivity index (χ2v) is 8.26. The maximum atomic E-state index is 13.0. The number of halogens is 2. The first-order valence-corrected chi connectivity index (χ1v) is 10.7. The lowest BCUT2D eigenvalue weighted by Gasteiger charge is -2.22. The molecule has 1 heterocycles. The van der Waals surface area contributed by atoms with E-state index in [1.54, 1.807) is 7.05 Å². The van der Waals surface area contributed by atoms with Crippen molar-refractivity contribution >= 4 is 35.8 Å². The quantitative estimate of drug-likeness (QED) is 0.323. The summed E-state index contributed by atoms with van der Waals surface area (Å²) in [6.07, 6.45) is 5.46. The number of hydrogen-bond acceptors (Lipinski definition) is 3. The van der Waals surface area contributed by atoms with Gasteiger partial charge in [0.25, 0.3) is 0 Å². The zero-order chi connectivity index (χ0) is 20.6. The van der Waals surface area contributed by atoms with Crippen LogP contribution in [0.4, 0.5) is 4.39 Å². The minimum Gasteiger partial charge on any atom is -0.355 e. The van der Waals surface area contributed by atoms with Gasteiger partial charge in [-0.1, -0.05) is 25.0 Å². The molecule has 1 saturated carbocycles. The van der Waals surface area contributed by atoms with Crippen LogP contribution in [-0.2, 0) is 11.3 Å². The highest BCUT2D eigenvalue weighted by Crippen LogP contribution is 2.27. The first kappa shape index (κ1) is 24.8. The molecule has 0 bridgehead atoms. The third kappa shape index (κ3) is 7.37. The fraction of sp³-hybridized carbons (Fsp3) is 0.636. The van der Waals surface area contributed by atoms with Crippen molar-refractivity contribution in [1.29, 1.82) is 0 Å². The van der Waals surface area contributed by atoms with Crippen LogP contribution in [0.25, 0.3) is 0 Å².